The van der Waals surface area contributed by atoms with Gasteiger partial charge in [-0.15, -0.1) is 0 Å². The number of nitrogens with zero attached hydrogens (tertiary/aromatic N) is 2. The van der Waals surface area contributed by atoms with E-state index in [1.165, 1.54) is 0 Å². The number of benzene rings is 2. The summed E-state index contributed by atoms with van der Waals surface area (Å²) in [5.74, 6) is -1.33. The summed E-state index contributed by atoms with van der Waals surface area (Å²) in [6.45, 7) is 4.49. The lowest BCUT2D eigenvalue weighted by atomic mass is 10.0. The number of ether oxygens (including phenoxy) is 2. The van der Waals surface area contributed by atoms with Gasteiger partial charge in [-0.2, -0.15) is 0 Å². The van der Waals surface area contributed by atoms with Gasteiger partial charge in [-0.1, -0.05) is 23.7 Å². The number of aromatic nitrogens is 1. The van der Waals surface area contributed by atoms with E-state index in [0.29, 0.717) is 17.7 Å². The summed E-state index contributed by atoms with van der Waals surface area (Å²) < 4.78 is 38.8. The topological polar surface area (TPSA) is 89.7 Å². The number of nitrogens with two attached hydrogens (primary N) is 1. The number of pyridine rings is 1. The molecule has 1 amide bonds. The van der Waals surface area contributed by atoms with Crippen molar-refractivity contribution in [3.05, 3.63) is 76.4 Å². The number of carbonyl (C=O) groups excluding carboxylic acids is 1. The average Bonchev–Trinajstić information content (AvgIpc) is 2.90. The Hall–Kier alpha value is -3.27. The average molecular weight is 517 g/mol. The van der Waals surface area contributed by atoms with Gasteiger partial charge in [0.1, 0.15) is 18.2 Å². The molecule has 0 bridgehead atoms. The lowest BCUT2D eigenvalue weighted by Crippen LogP contribution is -2.38. The first-order chi connectivity index (χ1) is 17.4. The Morgan fingerprint density at radius 3 is 2.72 bits per heavy atom. The lowest BCUT2D eigenvalue weighted by molar-refractivity contribution is 0.0374. The van der Waals surface area contributed by atoms with E-state index in [9.17, 15) is 13.6 Å². The van der Waals surface area contributed by atoms with Gasteiger partial charge in [0.25, 0.3) is 5.91 Å². The summed E-state index contributed by atoms with van der Waals surface area (Å²) in [5, 5.41) is 2.61. The van der Waals surface area contributed by atoms with Crippen LogP contribution in [0.25, 0.3) is 11.1 Å². The molecule has 2 heterocycles. The molecule has 1 fully saturated rings. The minimum atomic E-state index is -0.743. The van der Waals surface area contributed by atoms with Crippen LogP contribution < -0.4 is 15.8 Å². The van der Waals surface area contributed by atoms with Crippen LogP contribution in [0, 0.1) is 11.6 Å². The van der Waals surface area contributed by atoms with Crippen molar-refractivity contribution in [2.24, 2.45) is 0 Å². The van der Waals surface area contributed by atoms with Crippen molar-refractivity contribution in [1.82, 2.24) is 15.2 Å². The molecule has 190 valence electrons. The molecule has 1 aliphatic rings. The second-order valence-electron chi connectivity index (χ2n) is 8.36. The Morgan fingerprint density at radius 2 is 1.92 bits per heavy atom. The van der Waals surface area contributed by atoms with Crippen LogP contribution in [-0.2, 0) is 11.3 Å². The lowest BCUT2D eigenvalue weighted by Gasteiger charge is -2.26. The number of morpholine rings is 1. The zero-order chi connectivity index (χ0) is 25.5. The molecule has 0 atom stereocenters. The quantitative estimate of drug-likeness (QED) is 0.326. The van der Waals surface area contributed by atoms with Gasteiger partial charge in [-0.25, -0.2) is 13.8 Å². The van der Waals surface area contributed by atoms with Gasteiger partial charge in [0.15, 0.2) is 11.6 Å². The molecule has 0 unspecified atom stereocenters. The van der Waals surface area contributed by atoms with E-state index in [2.05, 4.69) is 15.2 Å². The summed E-state index contributed by atoms with van der Waals surface area (Å²) >= 11 is 5.88. The summed E-state index contributed by atoms with van der Waals surface area (Å²) in [4.78, 5) is 19.1. The van der Waals surface area contributed by atoms with Gasteiger partial charge in [0.2, 0.25) is 0 Å². The fraction of sp³-hybridized carbons (Fsp3) is 0.308. The van der Waals surface area contributed by atoms with Crippen LogP contribution in [0.1, 0.15) is 22.3 Å². The van der Waals surface area contributed by atoms with Crippen LogP contribution >= 0.6 is 11.6 Å². The Balaban J connectivity index is 1.40. The molecule has 1 aliphatic heterocycles. The predicted octanol–water partition coefficient (Wildman–Crippen LogP) is 4.29. The second kappa shape index (κ2) is 12.1. The molecule has 0 aliphatic carbocycles. The number of nitrogen functional groups attached to an aromatic ring is 1. The number of carbonyl (C=O) groups is 1. The Bertz CT molecular complexity index is 1220. The van der Waals surface area contributed by atoms with Crippen molar-refractivity contribution in [3.63, 3.8) is 0 Å². The summed E-state index contributed by atoms with van der Waals surface area (Å²) in [5.41, 5.74) is 7.69. The third-order valence-corrected chi connectivity index (χ3v) is 6.30. The third kappa shape index (κ3) is 6.48. The van der Waals surface area contributed by atoms with Crippen LogP contribution in [0.4, 0.5) is 14.6 Å². The molecule has 2 aromatic carbocycles. The largest absolute Gasteiger partial charge is 0.485 e. The predicted molar refractivity (Wildman–Crippen MR) is 134 cm³/mol. The summed E-state index contributed by atoms with van der Waals surface area (Å²) in [6, 6.07) is 10.6. The first kappa shape index (κ1) is 25.8. The summed E-state index contributed by atoms with van der Waals surface area (Å²) in [7, 11) is 0. The highest BCUT2D eigenvalue weighted by atomic mass is 35.5. The maximum atomic E-state index is 14.1. The zero-order valence-corrected chi connectivity index (χ0v) is 20.4. The monoisotopic (exact) mass is 516 g/mol. The van der Waals surface area contributed by atoms with Crippen LogP contribution in [-0.4, -0.2) is 55.2 Å². The van der Waals surface area contributed by atoms with E-state index in [-0.39, 0.29) is 34.7 Å². The van der Waals surface area contributed by atoms with E-state index in [1.807, 2.05) is 6.07 Å². The number of hydrogen-bond acceptors (Lipinski definition) is 6. The molecule has 7 nitrogen and oxygen atoms in total. The highest BCUT2D eigenvalue weighted by Gasteiger charge is 2.15. The van der Waals surface area contributed by atoms with Crippen LogP contribution in [0.15, 0.2) is 48.7 Å². The number of amides is 1. The van der Waals surface area contributed by atoms with Gasteiger partial charge >= 0.3 is 0 Å². The van der Waals surface area contributed by atoms with Gasteiger partial charge in [0.05, 0.1) is 18.2 Å². The normalized spacial score (nSPS) is 14.0. The minimum absolute atomic E-state index is 0.0841. The van der Waals surface area contributed by atoms with Gasteiger partial charge < -0.3 is 20.5 Å². The number of rotatable bonds is 9. The second-order valence-corrected chi connectivity index (χ2v) is 8.74. The molecule has 3 N–H and O–H groups in total. The fourth-order valence-corrected chi connectivity index (χ4v) is 4.06. The van der Waals surface area contributed by atoms with E-state index in [0.717, 1.165) is 57.0 Å². The Labute approximate surface area is 213 Å². The first-order valence-corrected chi connectivity index (χ1v) is 12.0. The van der Waals surface area contributed by atoms with Crippen molar-refractivity contribution < 1.29 is 23.0 Å². The van der Waals surface area contributed by atoms with E-state index < -0.39 is 11.6 Å². The highest BCUT2D eigenvalue weighted by molar-refractivity contribution is 6.31. The molecule has 0 spiro atoms. The van der Waals surface area contributed by atoms with Crippen molar-refractivity contribution in [1.29, 1.82) is 0 Å². The molecule has 1 aromatic heterocycles. The number of nitrogens with one attached hydrogen (secondary N) is 1. The number of halogens is 3. The molecule has 3 aromatic rings. The van der Waals surface area contributed by atoms with Crippen molar-refractivity contribution in [2.45, 2.75) is 13.0 Å². The first-order valence-electron chi connectivity index (χ1n) is 11.6. The molecule has 10 heteroatoms. The maximum absolute atomic E-state index is 14.1. The third-order valence-electron chi connectivity index (χ3n) is 5.89. The van der Waals surface area contributed by atoms with Gasteiger partial charge in [-0.05, 0) is 48.9 Å². The molecule has 1 saturated heterocycles. The fourth-order valence-electron chi connectivity index (χ4n) is 3.85. The SMILES string of the molecule is Nc1ncc(-c2cccc(C(=O)NCCCN3CCOCC3)c2)cc1OCc1c(F)ccc(F)c1Cl. The molecular weight excluding hydrogens is 490 g/mol. The molecule has 4 rings (SSSR count). The van der Waals surface area contributed by atoms with Crippen molar-refractivity contribution in [2.75, 3.05) is 45.1 Å². The maximum Gasteiger partial charge on any atom is 0.251 e. The van der Waals surface area contributed by atoms with E-state index >= 15 is 0 Å². The molecule has 0 radical (unpaired) electrons. The smallest absolute Gasteiger partial charge is 0.251 e. The molecular formula is C26H27ClF2N4O3. The highest BCUT2D eigenvalue weighted by Crippen LogP contribution is 2.30. The van der Waals surface area contributed by atoms with Crippen LogP contribution in [0.5, 0.6) is 5.75 Å². The number of hydrogen-bond donors (Lipinski definition) is 2. The molecule has 36 heavy (non-hydrogen) atoms. The van der Waals surface area contributed by atoms with Crippen LogP contribution in [0.3, 0.4) is 0 Å². The zero-order valence-electron chi connectivity index (χ0n) is 19.6. The van der Waals surface area contributed by atoms with E-state index in [4.69, 9.17) is 26.8 Å². The van der Waals surface area contributed by atoms with Crippen molar-refractivity contribution in [3.8, 4) is 16.9 Å². The minimum Gasteiger partial charge on any atom is -0.485 e. The summed E-state index contributed by atoms with van der Waals surface area (Å²) in [6.07, 6.45) is 2.40. The van der Waals surface area contributed by atoms with Gasteiger partial charge in [0, 0.05) is 42.5 Å². The van der Waals surface area contributed by atoms with Crippen molar-refractivity contribution >= 4 is 23.3 Å². The molecule has 0 saturated carbocycles. The number of anilines is 1. The Kier molecular flexibility index (Phi) is 8.69. The standard InChI is InChI=1S/C26H27ClF2N4O3/c27-24-20(21(28)5-6-22(24)29)16-36-23-14-19(15-32-25(23)30)17-3-1-4-18(13-17)26(34)31-7-2-8-33-9-11-35-12-10-33/h1,3-6,13-15H,2,7-12,16H2,(H2,30,32)(H,31,34). The van der Waals surface area contributed by atoms with Gasteiger partial charge in [-0.3, -0.25) is 9.69 Å². The van der Waals surface area contributed by atoms with E-state index in [1.54, 1.807) is 30.5 Å². The van der Waals surface area contributed by atoms with Crippen LogP contribution in [0.2, 0.25) is 5.02 Å². The Morgan fingerprint density at radius 1 is 1.14 bits per heavy atom.